The van der Waals surface area contributed by atoms with Crippen LogP contribution in [0.15, 0.2) is 47.3 Å². The van der Waals surface area contributed by atoms with E-state index in [0.717, 1.165) is 11.1 Å². The summed E-state index contributed by atoms with van der Waals surface area (Å²) >= 11 is 0. The summed E-state index contributed by atoms with van der Waals surface area (Å²) in [4.78, 5) is 11.7. The summed E-state index contributed by atoms with van der Waals surface area (Å²) in [5.41, 5.74) is 1.78. The third kappa shape index (κ3) is 4.53. The second kappa shape index (κ2) is 8.78. The predicted octanol–water partition coefficient (Wildman–Crippen LogP) is 3.34. The highest BCUT2D eigenvalue weighted by Gasteiger charge is 2.12. The highest BCUT2D eigenvalue weighted by molar-refractivity contribution is 5.55. The molecule has 132 valence electrons. The molecular weight excluding hydrogens is 320 g/mol. The number of ether oxygens (including phenoxy) is 4. The van der Waals surface area contributed by atoms with Crippen LogP contribution >= 0.6 is 0 Å². The molecule has 0 saturated carbocycles. The number of rotatable bonds is 7. The van der Waals surface area contributed by atoms with Crippen molar-refractivity contribution in [2.24, 2.45) is 0 Å². The van der Waals surface area contributed by atoms with Crippen LogP contribution in [0.4, 0.5) is 0 Å². The third-order valence-corrected chi connectivity index (χ3v) is 3.71. The van der Waals surface area contributed by atoms with Crippen LogP contribution in [0, 0.1) is 0 Å². The van der Waals surface area contributed by atoms with E-state index in [0.29, 0.717) is 29.4 Å². The predicted molar refractivity (Wildman–Crippen MR) is 98.1 cm³/mol. The first kappa shape index (κ1) is 18.4. The molecule has 0 amide bonds. The van der Waals surface area contributed by atoms with Crippen LogP contribution in [0.2, 0.25) is 0 Å². The van der Waals surface area contributed by atoms with Crippen molar-refractivity contribution in [2.75, 3.05) is 28.4 Å². The van der Waals surface area contributed by atoms with Crippen molar-refractivity contribution < 1.29 is 18.9 Å². The maximum absolute atomic E-state index is 11.7. The van der Waals surface area contributed by atoms with Crippen molar-refractivity contribution in [2.45, 2.75) is 6.42 Å². The van der Waals surface area contributed by atoms with E-state index >= 15 is 0 Å². The lowest BCUT2D eigenvalue weighted by Crippen LogP contribution is -1.98. The van der Waals surface area contributed by atoms with E-state index in [-0.39, 0.29) is 5.43 Å². The summed E-state index contributed by atoms with van der Waals surface area (Å²) in [6.45, 7) is 0. The molecule has 0 aliphatic carbocycles. The lowest BCUT2D eigenvalue weighted by atomic mass is 10.1. The van der Waals surface area contributed by atoms with Crippen LogP contribution in [0.3, 0.4) is 0 Å². The van der Waals surface area contributed by atoms with Gasteiger partial charge in [0.05, 0.1) is 28.4 Å². The molecule has 25 heavy (non-hydrogen) atoms. The van der Waals surface area contributed by atoms with E-state index in [1.165, 1.54) is 13.2 Å². The molecular formula is C20H22O5. The minimum atomic E-state index is -0.147. The maximum Gasteiger partial charge on any atom is 0.220 e. The Kier molecular flexibility index (Phi) is 6.46. The van der Waals surface area contributed by atoms with Gasteiger partial charge in [0.25, 0.3) is 0 Å². The average Bonchev–Trinajstić information content (AvgIpc) is 2.82. The second-order valence-electron chi connectivity index (χ2n) is 5.24. The highest BCUT2D eigenvalue weighted by atomic mass is 16.5. The molecule has 0 N–H and O–H groups in total. The standard InChI is InChI=1S/C20H22O5/c1-22-17-11-9-14(8-10-16(17)21)6-5-7-15-12-18(23-2)20(25-4)19(13-15)24-3/h5-6,8-13H,7H2,1-4H3/b6-5+. The van der Waals surface area contributed by atoms with Gasteiger partial charge in [0.1, 0.15) is 0 Å². The summed E-state index contributed by atoms with van der Waals surface area (Å²) in [5, 5.41) is 0. The molecule has 0 heterocycles. The maximum atomic E-state index is 11.7. The van der Waals surface area contributed by atoms with Crippen LogP contribution in [-0.4, -0.2) is 28.4 Å². The fraction of sp³-hybridized carbons (Fsp3) is 0.250. The quantitative estimate of drug-likeness (QED) is 0.772. The van der Waals surface area contributed by atoms with E-state index in [1.807, 2.05) is 30.4 Å². The summed E-state index contributed by atoms with van der Waals surface area (Å²) in [6.07, 6.45) is 4.63. The van der Waals surface area contributed by atoms with Crippen LogP contribution < -0.4 is 24.4 Å². The van der Waals surface area contributed by atoms with Gasteiger partial charge in [0.15, 0.2) is 17.2 Å². The minimum Gasteiger partial charge on any atom is -0.493 e. The lowest BCUT2D eigenvalue weighted by molar-refractivity contribution is 0.324. The molecule has 2 aromatic carbocycles. The lowest BCUT2D eigenvalue weighted by Gasteiger charge is -2.13. The molecule has 2 rings (SSSR count). The van der Waals surface area contributed by atoms with Gasteiger partial charge in [0, 0.05) is 0 Å². The molecule has 0 aromatic heterocycles. The van der Waals surface area contributed by atoms with Crippen molar-refractivity contribution in [1.29, 1.82) is 0 Å². The van der Waals surface area contributed by atoms with Crippen molar-refractivity contribution in [3.8, 4) is 23.0 Å². The van der Waals surface area contributed by atoms with Gasteiger partial charge < -0.3 is 18.9 Å². The molecule has 0 unspecified atom stereocenters. The van der Waals surface area contributed by atoms with Gasteiger partial charge in [0.2, 0.25) is 11.2 Å². The Hall–Kier alpha value is -2.95. The summed E-state index contributed by atoms with van der Waals surface area (Å²) in [6, 6.07) is 10.6. The number of benzene rings is 1. The number of hydrogen-bond donors (Lipinski definition) is 0. The molecule has 0 aliphatic heterocycles. The monoisotopic (exact) mass is 342 g/mol. The normalized spacial score (nSPS) is 10.6. The zero-order valence-corrected chi connectivity index (χ0v) is 14.9. The molecule has 0 aliphatic rings. The highest BCUT2D eigenvalue weighted by Crippen LogP contribution is 2.38. The van der Waals surface area contributed by atoms with Crippen molar-refractivity contribution in [1.82, 2.24) is 0 Å². The molecule has 0 bridgehead atoms. The zero-order chi connectivity index (χ0) is 18.2. The largest absolute Gasteiger partial charge is 0.493 e. The summed E-state index contributed by atoms with van der Waals surface area (Å²) in [7, 11) is 6.24. The molecule has 0 spiro atoms. The first-order chi connectivity index (χ1) is 12.1. The SMILES string of the molecule is COc1cc(C/C=C/c2ccc(OC)c(=O)cc2)cc(OC)c1OC. The molecule has 0 atom stereocenters. The van der Waals surface area contributed by atoms with Gasteiger partial charge in [-0.1, -0.05) is 24.3 Å². The molecule has 0 fully saturated rings. The Morgan fingerprint density at radius 2 is 1.40 bits per heavy atom. The molecule has 2 aromatic rings. The first-order valence-electron chi connectivity index (χ1n) is 7.76. The van der Waals surface area contributed by atoms with Crippen LogP contribution in [0.5, 0.6) is 23.0 Å². The summed E-state index contributed by atoms with van der Waals surface area (Å²) < 4.78 is 21.1. The first-order valence-corrected chi connectivity index (χ1v) is 7.76. The third-order valence-electron chi connectivity index (χ3n) is 3.71. The Morgan fingerprint density at radius 3 is 1.96 bits per heavy atom. The molecule has 0 saturated heterocycles. The van der Waals surface area contributed by atoms with Gasteiger partial charge in [-0.15, -0.1) is 0 Å². The number of hydrogen-bond acceptors (Lipinski definition) is 5. The fourth-order valence-electron chi connectivity index (χ4n) is 2.43. The Bertz CT molecular complexity index is 786. The van der Waals surface area contributed by atoms with Crippen molar-refractivity contribution in [3.63, 3.8) is 0 Å². The topological polar surface area (TPSA) is 54.0 Å². The molecule has 0 radical (unpaired) electrons. The van der Waals surface area contributed by atoms with Crippen molar-refractivity contribution >= 4 is 6.08 Å². The van der Waals surface area contributed by atoms with E-state index in [2.05, 4.69) is 0 Å². The van der Waals surface area contributed by atoms with Gasteiger partial charge in [-0.25, -0.2) is 0 Å². The van der Waals surface area contributed by atoms with Gasteiger partial charge >= 0.3 is 0 Å². The second-order valence-corrected chi connectivity index (χ2v) is 5.24. The Balaban J connectivity index is 2.22. The van der Waals surface area contributed by atoms with E-state index in [4.69, 9.17) is 18.9 Å². The minimum absolute atomic E-state index is 0.147. The van der Waals surface area contributed by atoms with E-state index in [9.17, 15) is 4.79 Å². The van der Waals surface area contributed by atoms with Gasteiger partial charge in [-0.3, -0.25) is 4.79 Å². The Morgan fingerprint density at radius 1 is 0.800 bits per heavy atom. The van der Waals surface area contributed by atoms with Crippen LogP contribution in [-0.2, 0) is 6.42 Å². The average molecular weight is 342 g/mol. The van der Waals surface area contributed by atoms with E-state index < -0.39 is 0 Å². The molecule has 5 nitrogen and oxygen atoms in total. The van der Waals surface area contributed by atoms with Crippen LogP contribution in [0.1, 0.15) is 11.1 Å². The zero-order valence-electron chi connectivity index (χ0n) is 14.9. The molecule has 5 heteroatoms. The van der Waals surface area contributed by atoms with Gasteiger partial charge in [-0.2, -0.15) is 0 Å². The Labute approximate surface area is 147 Å². The van der Waals surface area contributed by atoms with Crippen molar-refractivity contribution in [3.05, 3.63) is 63.8 Å². The smallest absolute Gasteiger partial charge is 0.220 e. The van der Waals surface area contributed by atoms with Gasteiger partial charge in [-0.05, 0) is 41.8 Å². The number of methoxy groups -OCH3 is 4. The van der Waals surface area contributed by atoms with Crippen LogP contribution in [0.25, 0.3) is 6.08 Å². The van der Waals surface area contributed by atoms with E-state index in [1.54, 1.807) is 33.5 Å². The number of allylic oxidation sites excluding steroid dienone is 1. The summed E-state index contributed by atoms with van der Waals surface area (Å²) in [5.74, 6) is 2.14. The fourth-order valence-corrected chi connectivity index (χ4v) is 2.43.